The van der Waals surface area contributed by atoms with Crippen LogP contribution in [0.15, 0.2) is 78.9 Å². The van der Waals surface area contributed by atoms with Crippen LogP contribution < -0.4 is 15.1 Å². The van der Waals surface area contributed by atoms with Crippen LogP contribution in [-0.4, -0.2) is 0 Å². The van der Waals surface area contributed by atoms with Crippen LogP contribution in [0.1, 0.15) is 52.7 Å². The monoisotopic (exact) mass is 390 g/mol. The minimum Gasteiger partial charge on any atom is -0.464 e. The summed E-state index contributed by atoms with van der Waals surface area (Å²) < 4.78 is 6.84. The lowest BCUT2D eigenvalue weighted by atomic mass is 9.75. The van der Waals surface area contributed by atoms with E-state index in [1.807, 2.05) is 0 Å². The van der Waals surface area contributed by atoms with Crippen LogP contribution in [-0.2, 0) is 10.8 Å². The summed E-state index contributed by atoms with van der Waals surface area (Å²) in [6, 6.07) is 27.7. The minimum atomic E-state index is -0.939. The van der Waals surface area contributed by atoms with E-state index in [1.54, 1.807) is 0 Å². The Bertz CT molecular complexity index is 863. The Hall–Kier alpha value is -2.11. The molecule has 3 aromatic rings. The van der Waals surface area contributed by atoms with Gasteiger partial charge in [0.05, 0.1) is 0 Å². The third-order valence-electron chi connectivity index (χ3n) is 4.76. The lowest BCUT2D eigenvalue weighted by molar-refractivity contribution is 0.502. The van der Waals surface area contributed by atoms with Crippen molar-refractivity contribution in [2.24, 2.45) is 0 Å². The molecule has 146 valence electrons. The molecule has 0 saturated carbocycles. The van der Waals surface area contributed by atoms with Gasteiger partial charge in [-0.1, -0.05) is 114 Å². The van der Waals surface area contributed by atoms with Gasteiger partial charge in [-0.15, -0.1) is 0 Å². The number of rotatable bonds is 4. The number of hydrogen-bond donors (Lipinski definition) is 0. The maximum Gasteiger partial charge on any atom is 0.150 e. The van der Waals surface area contributed by atoms with Crippen molar-refractivity contribution in [3.8, 4) is 5.75 Å². The predicted molar refractivity (Wildman–Crippen MR) is 124 cm³/mol. The van der Waals surface area contributed by atoms with Crippen LogP contribution in [0.3, 0.4) is 0 Å². The first kappa shape index (κ1) is 20.6. The molecule has 0 aliphatic carbocycles. The Labute approximate surface area is 171 Å². The van der Waals surface area contributed by atoms with E-state index in [1.165, 1.54) is 21.7 Å². The third-order valence-corrected chi connectivity index (χ3v) is 6.67. The molecular weight excluding hydrogens is 359 g/mol. The van der Waals surface area contributed by atoms with Gasteiger partial charge >= 0.3 is 0 Å². The van der Waals surface area contributed by atoms with Crippen LogP contribution in [0.4, 0.5) is 0 Å². The number of benzene rings is 3. The van der Waals surface area contributed by atoms with E-state index in [-0.39, 0.29) is 10.8 Å². The van der Waals surface area contributed by atoms with Crippen molar-refractivity contribution < 1.29 is 4.52 Å². The molecule has 0 saturated heterocycles. The second kappa shape index (κ2) is 8.10. The van der Waals surface area contributed by atoms with Gasteiger partial charge in [0, 0.05) is 16.2 Å². The van der Waals surface area contributed by atoms with E-state index in [0.29, 0.717) is 0 Å². The molecule has 2 heteroatoms. The second-order valence-electron chi connectivity index (χ2n) is 9.24. The summed E-state index contributed by atoms with van der Waals surface area (Å²) in [6.07, 6.45) is 0. The molecule has 0 bridgehead atoms. The van der Waals surface area contributed by atoms with Gasteiger partial charge in [-0.2, -0.15) is 0 Å². The molecule has 28 heavy (non-hydrogen) atoms. The summed E-state index contributed by atoms with van der Waals surface area (Å²) >= 11 is 0. The maximum atomic E-state index is 6.84. The van der Waals surface area contributed by atoms with Crippen LogP contribution in [0.25, 0.3) is 0 Å². The Kier molecular flexibility index (Phi) is 5.96. The molecule has 0 aromatic heterocycles. The second-order valence-corrected chi connectivity index (χ2v) is 11.0. The van der Waals surface area contributed by atoms with Crippen molar-refractivity contribution in [2.45, 2.75) is 52.4 Å². The van der Waals surface area contributed by atoms with Gasteiger partial charge in [-0.05, 0) is 22.5 Å². The molecule has 0 N–H and O–H groups in total. The van der Waals surface area contributed by atoms with Gasteiger partial charge in [0.15, 0.2) is 8.15 Å². The highest BCUT2D eigenvalue weighted by molar-refractivity contribution is 7.68. The van der Waals surface area contributed by atoms with Crippen molar-refractivity contribution in [1.82, 2.24) is 0 Å². The molecule has 0 heterocycles. The topological polar surface area (TPSA) is 9.23 Å². The fourth-order valence-corrected chi connectivity index (χ4v) is 5.23. The molecular formula is C26H31OP. The van der Waals surface area contributed by atoms with E-state index in [2.05, 4.69) is 120 Å². The standard InChI is InChI=1S/C26H31OP/c1-25(2,3)22-18-13-19-23(24(22)26(4,5)6)27-28(20-14-9-7-10-15-20)21-16-11-8-12-17-21/h7-19H,1-6H3. The Morgan fingerprint density at radius 2 is 1.07 bits per heavy atom. The molecule has 1 nitrogen and oxygen atoms in total. The van der Waals surface area contributed by atoms with Crippen LogP contribution in [0.2, 0.25) is 0 Å². The number of hydrogen-bond acceptors (Lipinski definition) is 1. The smallest absolute Gasteiger partial charge is 0.150 e. The van der Waals surface area contributed by atoms with Gasteiger partial charge < -0.3 is 4.52 Å². The van der Waals surface area contributed by atoms with Gasteiger partial charge in [-0.3, -0.25) is 0 Å². The van der Waals surface area contributed by atoms with Gasteiger partial charge in [0.2, 0.25) is 0 Å². The molecule has 0 fully saturated rings. The zero-order valence-corrected chi connectivity index (χ0v) is 18.8. The molecule has 0 spiro atoms. The predicted octanol–water partition coefficient (Wildman–Crippen LogP) is 6.71. The lowest BCUT2D eigenvalue weighted by Gasteiger charge is -2.33. The largest absolute Gasteiger partial charge is 0.464 e. The summed E-state index contributed by atoms with van der Waals surface area (Å²) in [5, 5.41) is 2.45. The summed E-state index contributed by atoms with van der Waals surface area (Å²) in [5.74, 6) is 0.999. The first-order chi connectivity index (χ1) is 13.2. The molecule has 0 unspecified atom stereocenters. The highest BCUT2D eigenvalue weighted by Crippen LogP contribution is 2.45. The van der Waals surface area contributed by atoms with E-state index in [0.717, 1.165) is 5.75 Å². The average Bonchev–Trinajstić information content (AvgIpc) is 2.66. The van der Waals surface area contributed by atoms with Crippen molar-refractivity contribution in [2.75, 3.05) is 0 Å². The van der Waals surface area contributed by atoms with Crippen LogP contribution in [0, 0.1) is 0 Å². The first-order valence-electron chi connectivity index (χ1n) is 9.90. The third kappa shape index (κ3) is 4.65. The fourth-order valence-electron chi connectivity index (χ4n) is 3.49. The van der Waals surface area contributed by atoms with Crippen LogP contribution >= 0.6 is 8.15 Å². The maximum absolute atomic E-state index is 6.84. The lowest BCUT2D eigenvalue weighted by Crippen LogP contribution is -2.24. The quantitative estimate of drug-likeness (QED) is 0.450. The van der Waals surface area contributed by atoms with Gasteiger partial charge in [0.25, 0.3) is 0 Å². The summed E-state index contributed by atoms with van der Waals surface area (Å²) in [6.45, 7) is 13.7. The zero-order chi connectivity index (χ0) is 20.4. The molecule has 3 rings (SSSR count). The van der Waals surface area contributed by atoms with Crippen LogP contribution in [0.5, 0.6) is 5.75 Å². The molecule has 0 aliphatic heterocycles. The van der Waals surface area contributed by atoms with Crippen molar-refractivity contribution in [3.05, 3.63) is 90.0 Å². The Morgan fingerprint density at radius 3 is 1.50 bits per heavy atom. The van der Waals surface area contributed by atoms with E-state index < -0.39 is 8.15 Å². The summed E-state index contributed by atoms with van der Waals surface area (Å²) in [5.41, 5.74) is 2.72. The highest BCUT2D eigenvalue weighted by Gasteiger charge is 2.30. The van der Waals surface area contributed by atoms with Crippen molar-refractivity contribution in [1.29, 1.82) is 0 Å². The van der Waals surface area contributed by atoms with Gasteiger partial charge in [-0.25, -0.2) is 0 Å². The summed E-state index contributed by atoms with van der Waals surface area (Å²) in [7, 11) is -0.939. The normalized spacial score (nSPS) is 12.2. The highest BCUT2D eigenvalue weighted by atomic mass is 31.1. The first-order valence-corrected chi connectivity index (χ1v) is 11.2. The molecule has 0 aliphatic rings. The Balaban J connectivity index is 2.14. The molecule has 0 amide bonds. The zero-order valence-electron chi connectivity index (χ0n) is 17.9. The van der Waals surface area contributed by atoms with Gasteiger partial charge in [0.1, 0.15) is 5.75 Å². The minimum absolute atomic E-state index is 0.00636. The van der Waals surface area contributed by atoms with E-state index >= 15 is 0 Å². The van der Waals surface area contributed by atoms with E-state index in [4.69, 9.17) is 4.52 Å². The molecule has 0 radical (unpaired) electrons. The SMILES string of the molecule is CC(C)(C)c1cccc(OP(c2ccccc2)c2ccccc2)c1C(C)(C)C. The summed E-state index contributed by atoms with van der Waals surface area (Å²) in [4.78, 5) is 0. The van der Waals surface area contributed by atoms with Crippen molar-refractivity contribution >= 4 is 18.8 Å². The fraction of sp³-hybridized carbons (Fsp3) is 0.308. The average molecular weight is 391 g/mol. The molecule has 0 atom stereocenters. The van der Waals surface area contributed by atoms with Crippen molar-refractivity contribution in [3.63, 3.8) is 0 Å². The molecule has 3 aromatic carbocycles. The Morgan fingerprint density at radius 1 is 0.571 bits per heavy atom. The van der Waals surface area contributed by atoms with E-state index in [9.17, 15) is 0 Å².